The van der Waals surface area contributed by atoms with Crippen molar-refractivity contribution < 1.29 is 9.18 Å². The van der Waals surface area contributed by atoms with E-state index in [-0.39, 0.29) is 39.2 Å². The van der Waals surface area contributed by atoms with E-state index in [2.05, 4.69) is 25.4 Å². The van der Waals surface area contributed by atoms with Gasteiger partial charge >= 0.3 is 0 Å². The first-order chi connectivity index (χ1) is 14.4. The molecule has 152 valence electrons. The fourth-order valence-electron chi connectivity index (χ4n) is 3.34. The first-order valence-electron chi connectivity index (χ1n) is 9.39. The Morgan fingerprint density at radius 3 is 2.80 bits per heavy atom. The first-order valence-corrected chi connectivity index (χ1v) is 10.1. The minimum absolute atomic E-state index is 0.0449. The monoisotopic (exact) mass is 444 g/mol. The van der Waals surface area contributed by atoms with Crippen molar-refractivity contribution in [2.24, 2.45) is 4.99 Å². The Morgan fingerprint density at radius 1 is 1.27 bits per heavy atom. The van der Waals surface area contributed by atoms with Gasteiger partial charge in [-0.05, 0) is 44.0 Å². The predicted molar refractivity (Wildman–Crippen MR) is 110 cm³/mol. The SMILES string of the molecule is C[C@@H]1N=C(c2ncccc2F)c2c(ccc(Cl)c2Cl)-n2nc(C(=O)NC3CC3)nc21. The van der Waals surface area contributed by atoms with Crippen LogP contribution in [0, 0.1) is 5.82 Å². The molecule has 1 aliphatic heterocycles. The summed E-state index contributed by atoms with van der Waals surface area (Å²) in [6.07, 6.45) is 3.39. The number of carbonyl (C=O) groups excluding carboxylic acids is 1. The first kappa shape index (κ1) is 19.1. The molecule has 1 atom stereocenters. The van der Waals surface area contributed by atoms with Crippen LogP contribution in [0.25, 0.3) is 5.69 Å². The quantitative estimate of drug-likeness (QED) is 0.663. The van der Waals surface area contributed by atoms with Crippen LogP contribution in [-0.2, 0) is 0 Å². The number of benzene rings is 1. The summed E-state index contributed by atoms with van der Waals surface area (Å²) in [5.74, 6) is -0.403. The predicted octanol–water partition coefficient (Wildman–Crippen LogP) is 3.91. The van der Waals surface area contributed by atoms with Gasteiger partial charge in [0, 0.05) is 17.8 Å². The highest BCUT2D eigenvalue weighted by atomic mass is 35.5. The highest BCUT2D eigenvalue weighted by Gasteiger charge is 2.32. The minimum atomic E-state index is -0.543. The molecule has 0 spiro atoms. The van der Waals surface area contributed by atoms with Crippen LogP contribution in [0.4, 0.5) is 4.39 Å². The zero-order chi connectivity index (χ0) is 21.0. The second kappa shape index (κ2) is 7.14. The van der Waals surface area contributed by atoms with E-state index in [1.165, 1.54) is 23.0 Å². The van der Waals surface area contributed by atoms with E-state index in [4.69, 9.17) is 23.2 Å². The number of carbonyl (C=O) groups is 1. The van der Waals surface area contributed by atoms with Gasteiger partial charge in [-0.1, -0.05) is 23.2 Å². The molecule has 2 aromatic heterocycles. The van der Waals surface area contributed by atoms with Gasteiger partial charge in [0.15, 0.2) is 11.6 Å². The molecule has 0 bridgehead atoms. The fourth-order valence-corrected chi connectivity index (χ4v) is 3.75. The summed E-state index contributed by atoms with van der Waals surface area (Å²) >= 11 is 12.8. The van der Waals surface area contributed by atoms with Gasteiger partial charge in [-0.15, -0.1) is 5.10 Å². The molecule has 3 heterocycles. The van der Waals surface area contributed by atoms with Crippen molar-refractivity contribution in [3.8, 4) is 5.69 Å². The van der Waals surface area contributed by atoms with Crippen LogP contribution < -0.4 is 5.32 Å². The van der Waals surface area contributed by atoms with Crippen molar-refractivity contribution >= 4 is 34.8 Å². The van der Waals surface area contributed by atoms with Crippen LogP contribution in [0.1, 0.15) is 53.5 Å². The summed E-state index contributed by atoms with van der Waals surface area (Å²) in [6, 6.07) is 5.74. The number of halogens is 3. The summed E-state index contributed by atoms with van der Waals surface area (Å²) in [6.45, 7) is 1.78. The third kappa shape index (κ3) is 3.16. The zero-order valence-electron chi connectivity index (χ0n) is 15.7. The van der Waals surface area contributed by atoms with Gasteiger partial charge in [-0.3, -0.25) is 14.8 Å². The van der Waals surface area contributed by atoms with E-state index >= 15 is 0 Å². The van der Waals surface area contributed by atoms with Crippen LogP contribution in [0.5, 0.6) is 0 Å². The van der Waals surface area contributed by atoms with Gasteiger partial charge in [-0.2, -0.15) is 0 Å². The molecular formula is C20H15Cl2FN6O. The third-order valence-corrected chi connectivity index (χ3v) is 5.77. The summed E-state index contributed by atoms with van der Waals surface area (Å²) in [5, 5.41) is 7.76. The largest absolute Gasteiger partial charge is 0.347 e. The molecule has 10 heteroatoms. The molecule has 30 heavy (non-hydrogen) atoms. The lowest BCUT2D eigenvalue weighted by Gasteiger charge is -2.13. The average molecular weight is 445 g/mol. The normalized spacial score (nSPS) is 17.6. The molecular weight excluding hydrogens is 430 g/mol. The number of nitrogens with one attached hydrogen (secondary N) is 1. The number of aliphatic imine (C=N–C) groups is 1. The van der Waals surface area contributed by atoms with E-state index in [0.717, 1.165) is 12.8 Å². The molecule has 0 unspecified atom stereocenters. The van der Waals surface area contributed by atoms with Crippen LogP contribution in [-0.4, -0.2) is 37.4 Å². The fraction of sp³-hybridized carbons (Fsp3) is 0.250. The van der Waals surface area contributed by atoms with Crippen molar-refractivity contribution in [2.75, 3.05) is 0 Å². The Balaban J connectivity index is 1.72. The molecule has 5 rings (SSSR count). The number of rotatable bonds is 3. The number of fused-ring (bicyclic) bond motifs is 3. The van der Waals surface area contributed by atoms with Gasteiger partial charge in [0.1, 0.15) is 11.7 Å². The van der Waals surface area contributed by atoms with E-state index in [1.54, 1.807) is 19.1 Å². The van der Waals surface area contributed by atoms with Gasteiger partial charge < -0.3 is 5.32 Å². The second-order valence-electron chi connectivity index (χ2n) is 7.20. The van der Waals surface area contributed by atoms with Crippen molar-refractivity contribution in [1.82, 2.24) is 25.1 Å². The van der Waals surface area contributed by atoms with Crippen LogP contribution in [0.15, 0.2) is 35.5 Å². The molecule has 3 aromatic rings. The third-order valence-electron chi connectivity index (χ3n) is 4.96. The van der Waals surface area contributed by atoms with E-state index in [0.29, 0.717) is 17.1 Å². The number of amides is 1. The van der Waals surface area contributed by atoms with Crippen molar-refractivity contribution in [1.29, 1.82) is 0 Å². The lowest BCUT2D eigenvalue weighted by Crippen LogP contribution is -2.26. The van der Waals surface area contributed by atoms with Crippen molar-refractivity contribution in [2.45, 2.75) is 31.8 Å². The van der Waals surface area contributed by atoms with Gasteiger partial charge in [-0.25, -0.2) is 14.1 Å². The Bertz CT molecular complexity index is 1220. The standard InChI is InChI=1S/C20H15Cl2FN6O/c1-9-19-27-18(20(30)26-10-4-5-10)28-29(19)13-7-6-11(21)15(22)14(13)17(25-9)16-12(23)3-2-8-24-16/h2-3,6-10H,4-5H2,1H3,(H,26,30)/t9-/m0/s1. The van der Waals surface area contributed by atoms with Gasteiger partial charge in [0.25, 0.3) is 5.91 Å². The zero-order valence-corrected chi connectivity index (χ0v) is 17.2. The smallest absolute Gasteiger partial charge is 0.291 e. The average Bonchev–Trinajstić information content (AvgIpc) is 3.44. The Kier molecular flexibility index (Phi) is 4.56. The van der Waals surface area contributed by atoms with Crippen molar-refractivity contribution in [3.05, 3.63) is 69.2 Å². The molecule has 2 aliphatic rings. The van der Waals surface area contributed by atoms with Gasteiger partial charge in [0.2, 0.25) is 5.82 Å². The topological polar surface area (TPSA) is 85.1 Å². The van der Waals surface area contributed by atoms with Crippen LogP contribution >= 0.6 is 23.2 Å². The Morgan fingerprint density at radius 2 is 2.07 bits per heavy atom. The molecule has 1 amide bonds. The van der Waals surface area contributed by atoms with Crippen LogP contribution in [0.3, 0.4) is 0 Å². The number of hydrogen-bond acceptors (Lipinski definition) is 5. The number of hydrogen-bond donors (Lipinski definition) is 1. The molecule has 0 saturated heterocycles. The highest BCUT2D eigenvalue weighted by molar-refractivity contribution is 6.45. The lowest BCUT2D eigenvalue weighted by atomic mass is 10.0. The van der Waals surface area contributed by atoms with Crippen molar-refractivity contribution in [3.63, 3.8) is 0 Å². The second-order valence-corrected chi connectivity index (χ2v) is 7.98. The number of pyridine rings is 1. The van der Waals surface area contributed by atoms with E-state index in [9.17, 15) is 9.18 Å². The van der Waals surface area contributed by atoms with E-state index in [1.807, 2.05) is 0 Å². The number of nitrogens with zero attached hydrogens (tertiary/aromatic N) is 5. The summed E-state index contributed by atoms with van der Waals surface area (Å²) < 4.78 is 16.1. The molecule has 1 aliphatic carbocycles. The Hall–Kier alpha value is -2.84. The number of aromatic nitrogens is 4. The summed E-state index contributed by atoms with van der Waals surface area (Å²) in [4.78, 5) is 25.7. The molecule has 1 N–H and O–H groups in total. The maximum absolute atomic E-state index is 14.6. The molecule has 7 nitrogen and oxygen atoms in total. The van der Waals surface area contributed by atoms with Crippen LogP contribution in [0.2, 0.25) is 10.0 Å². The Labute approximate surface area is 181 Å². The van der Waals surface area contributed by atoms with Gasteiger partial charge in [0.05, 0.1) is 21.4 Å². The molecule has 0 radical (unpaired) electrons. The van der Waals surface area contributed by atoms with E-state index < -0.39 is 11.9 Å². The highest BCUT2D eigenvalue weighted by Crippen LogP contribution is 2.37. The maximum atomic E-state index is 14.6. The minimum Gasteiger partial charge on any atom is -0.347 e. The maximum Gasteiger partial charge on any atom is 0.291 e. The lowest BCUT2D eigenvalue weighted by molar-refractivity contribution is 0.0940. The molecule has 1 fully saturated rings. The molecule has 1 saturated carbocycles. The summed E-state index contributed by atoms with van der Waals surface area (Å²) in [7, 11) is 0. The summed E-state index contributed by atoms with van der Waals surface area (Å²) in [5.41, 5.74) is 1.17. The molecule has 1 aromatic carbocycles.